The maximum absolute atomic E-state index is 12.4. The van der Waals surface area contributed by atoms with Crippen molar-refractivity contribution in [2.45, 2.75) is 13.0 Å². The number of anilines is 1. The Bertz CT molecular complexity index is 663. The molecule has 0 bridgehead atoms. The quantitative estimate of drug-likeness (QED) is 0.895. The molecule has 1 aliphatic rings. The second kappa shape index (κ2) is 8.83. The zero-order valence-corrected chi connectivity index (χ0v) is 14.7. The summed E-state index contributed by atoms with van der Waals surface area (Å²) in [5, 5.41) is 6.42. The van der Waals surface area contributed by atoms with Crippen LogP contribution in [0.2, 0.25) is 0 Å². The normalized spacial score (nSPS) is 17.8. The third-order valence-corrected chi connectivity index (χ3v) is 4.27. The van der Waals surface area contributed by atoms with Crippen molar-refractivity contribution in [3.8, 4) is 11.1 Å². The first-order valence-corrected chi connectivity index (χ1v) is 8.13. The number of nitrogens with one attached hydrogen (secondary N) is 2. The van der Waals surface area contributed by atoms with Gasteiger partial charge in [-0.05, 0) is 18.6 Å². The van der Waals surface area contributed by atoms with E-state index >= 15 is 0 Å². The fraction of sp³-hybridized carbons (Fsp3) is 0.316. The second-order valence-electron chi connectivity index (χ2n) is 5.98. The average molecular weight is 346 g/mol. The Kier molecular flexibility index (Phi) is 6.79. The Labute approximate surface area is 149 Å². The predicted octanol–water partition coefficient (Wildman–Crippen LogP) is 3.01. The Balaban J connectivity index is 0.00000208. The van der Waals surface area contributed by atoms with Gasteiger partial charge in [-0.2, -0.15) is 0 Å². The van der Waals surface area contributed by atoms with Crippen LogP contribution in [0.3, 0.4) is 0 Å². The molecule has 128 valence electrons. The van der Waals surface area contributed by atoms with Crippen LogP contribution in [0, 0.1) is 0 Å². The molecule has 0 spiro atoms. The lowest BCUT2D eigenvalue weighted by molar-refractivity contribution is -0.118. The number of carbonyl (C=O) groups excluding carboxylic acids is 1. The van der Waals surface area contributed by atoms with Crippen LogP contribution in [-0.4, -0.2) is 43.0 Å². The summed E-state index contributed by atoms with van der Waals surface area (Å²) in [7, 11) is 0. The lowest BCUT2D eigenvalue weighted by Gasteiger charge is -2.33. The molecule has 1 atom stereocenters. The van der Waals surface area contributed by atoms with Crippen molar-refractivity contribution in [3.63, 3.8) is 0 Å². The highest BCUT2D eigenvalue weighted by molar-refractivity contribution is 5.96. The molecule has 2 aromatic carbocycles. The largest absolute Gasteiger partial charge is 0.324 e. The van der Waals surface area contributed by atoms with Crippen LogP contribution in [0.15, 0.2) is 54.6 Å². The number of hydrogen-bond donors (Lipinski definition) is 2. The molecule has 2 N–H and O–H groups in total. The van der Waals surface area contributed by atoms with Gasteiger partial charge in [0, 0.05) is 36.9 Å². The first kappa shape index (κ1) is 18.5. The molecule has 1 aliphatic heterocycles. The minimum absolute atomic E-state index is 0. The third-order valence-electron chi connectivity index (χ3n) is 4.27. The Hall–Kier alpha value is -1.88. The topological polar surface area (TPSA) is 44.4 Å². The van der Waals surface area contributed by atoms with Crippen molar-refractivity contribution in [1.82, 2.24) is 10.2 Å². The van der Waals surface area contributed by atoms with Gasteiger partial charge in [0.05, 0.1) is 6.54 Å². The van der Waals surface area contributed by atoms with E-state index in [0.717, 1.165) is 36.4 Å². The van der Waals surface area contributed by atoms with E-state index in [1.807, 2.05) is 42.5 Å². The predicted molar refractivity (Wildman–Crippen MR) is 102 cm³/mol. The minimum Gasteiger partial charge on any atom is -0.324 e. The van der Waals surface area contributed by atoms with Crippen LogP contribution in [0.25, 0.3) is 11.1 Å². The fourth-order valence-corrected chi connectivity index (χ4v) is 2.95. The molecular formula is C19H24ClN3O. The zero-order valence-electron chi connectivity index (χ0n) is 13.9. The number of benzene rings is 2. The van der Waals surface area contributed by atoms with Gasteiger partial charge in [-0.3, -0.25) is 9.69 Å². The standard InChI is InChI=1S/C19H23N3O.ClH/c1-15-13-20-11-12-22(15)14-19(23)21-18-10-6-5-9-17(18)16-7-3-2-4-8-16;/h2-10,15,20H,11-14H2,1H3,(H,21,23);1H/t15-;/m0./s1. The molecule has 3 rings (SSSR count). The van der Waals surface area contributed by atoms with Crippen molar-refractivity contribution in [2.75, 3.05) is 31.5 Å². The number of rotatable bonds is 4. The molecule has 1 amide bonds. The summed E-state index contributed by atoms with van der Waals surface area (Å²) in [5.74, 6) is 0.0436. The molecule has 5 heteroatoms. The van der Waals surface area contributed by atoms with Gasteiger partial charge in [-0.15, -0.1) is 12.4 Å². The number of hydrogen-bond acceptors (Lipinski definition) is 3. The smallest absolute Gasteiger partial charge is 0.238 e. The van der Waals surface area contributed by atoms with Crippen LogP contribution in [0.4, 0.5) is 5.69 Å². The average Bonchev–Trinajstić information content (AvgIpc) is 2.58. The molecule has 1 fully saturated rings. The Morgan fingerprint density at radius 2 is 1.88 bits per heavy atom. The summed E-state index contributed by atoms with van der Waals surface area (Å²) in [5.41, 5.74) is 3.03. The number of para-hydroxylation sites is 1. The number of nitrogens with zero attached hydrogens (tertiary/aromatic N) is 1. The van der Waals surface area contributed by atoms with Crippen LogP contribution < -0.4 is 10.6 Å². The van der Waals surface area contributed by atoms with Crippen molar-refractivity contribution in [2.24, 2.45) is 0 Å². The Morgan fingerprint density at radius 3 is 2.62 bits per heavy atom. The summed E-state index contributed by atoms with van der Waals surface area (Å²) in [4.78, 5) is 14.7. The molecule has 2 aromatic rings. The first-order chi connectivity index (χ1) is 11.2. The molecule has 0 saturated carbocycles. The van der Waals surface area contributed by atoms with Gasteiger partial charge in [-0.1, -0.05) is 48.5 Å². The highest BCUT2D eigenvalue weighted by atomic mass is 35.5. The molecule has 0 unspecified atom stereocenters. The van der Waals surface area contributed by atoms with Crippen LogP contribution in [-0.2, 0) is 4.79 Å². The number of piperazine rings is 1. The van der Waals surface area contributed by atoms with Gasteiger partial charge in [0.15, 0.2) is 0 Å². The van der Waals surface area contributed by atoms with E-state index in [4.69, 9.17) is 0 Å². The van der Waals surface area contributed by atoms with Crippen molar-refractivity contribution in [3.05, 3.63) is 54.6 Å². The van der Waals surface area contributed by atoms with Crippen LogP contribution in [0.5, 0.6) is 0 Å². The van der Waals surface area contributed by atoms with E-state index in [1.54, 1.807) is 0 Å². The van der Waals surface area contributed by atoms with E-state index in [-0.39, 0.29) is 18.3 Å². The molecule has 24 heavy (non-hydrogen) atoms. The second-order valence-corrected chi connectivity index (χ2v) is 5.98. The highest BCUT2D eigenvalue weighted by Crippen LogP contribution is 2.27. The number of halogens is 1. The van der Waals surface area contributed by atoms with Gasteiger partial charge in [0.25, 0.3) is 0 Å². The number of carbonyl (C=O) groups is 1. The third kappa shape index (κ3) is 4.57. The summed E-state index contributed by atoms with van der Waals surface area (Å²) < 4.78 is 0. The molecule has 1 heterocycles. The molecule has 0 aliphatic carbocycles. The molecule has 1 saturated heterocycles. The Morgan fingerprint density at radius 1 is 1.17 bits per heavy atom. The van der Waals surface area contributed by atoms with Crippen LogP contribution in [0.1, 0.15) is 6.92 Å². The fourth-order valence-electron chi connectivity index (χ4n) is 2.95. The molecule has 0 aromatic heterocycles. The zero-order chi connectivity index (χ0) is 16.1. The van der Waals surface area contributed by atoms with Crippen LogP contribution >= 0.6 is 12.4 Å². The molecule has 0 radical (unpaired) electrons. The molecular weight excluding hydrogens is 322 g/mol. The van der Waals surface area contributed by atoms with E-state index in [9.17, 15) is 4.79 Å². The van der Waals surface area contributed by atoms with Gasteiger partial charge >= 0.3 is 0 Å². The van der Waals surface area contributed by atoms with Gasteiger partial charge < -0.3 is 10.6 Å². The van der Waals surface area contributed by atoms with Gasteiger partial charge in [0.1, 0.15) is 0 Å². The summed E-state index contributed by atoms with van der Waals surface area (Å²) in [6.07, 6.45) is 0. The maximum Gasteiger partial charge on any atom is 0.238 e. The first-order valence-electron chi connectivity index (χ1n) is 8.13. The summed E-state index contributed by atoms with van der Waals surface area (Å²) in [6.45, 7) is 5.38. The van der Waals surface area contributed by atoms with Crippen molar-refractivity contribution < 1.29 is 4.79 Å². The summed E-state index contributed by atoms with van der Waals surface area (Å²) >= 11 is 0. The van der Waals surface area contributed by atoms with Crippen molar-refractivity contribution >= 4 is 24.0 Å². The number of amides is 1. The van der Waals surface area contributed by atoms with Crippen molar-refractivity contribution in [1.29, 1.82) is 0 Å². The molecule has 4 nitrogen and oxygen atoms in total. The van der Waals surface area contributed by atoms with Gasteiger partial charge in [0.2, 0.25) is 5.91 Å². The lowest BCUT2D eigenvalue weighted by atomic mass is 10.0. The van der Waals surface area contributed by atoms with E-state index in [2.05, 4.69) is 34.6 Å². The monoisotopic (exact) mass is 345 g/mol. The lowest BCUT2D eigenvalue weighted by Crippen LogP contribution is -2.52. The minimum atomic E-state index is 0. The highest BCUT2D eigenvalue weighted by Gasteiger charge is 2.20. The van der Waals surface area contributed by atoms with E-state index in [0.29, 0.717) is 12.6 Å². The van der Waals surface area contributed by atoms with E-state index in [1.165, 1.54) is 0 Å². The van der Waals surface area contributed by atoms with E-state index < -0.39 is 0 Å². The SMILES string of the molecule is C[C@H]1CNCCN1CC(=O)Nc1ccccc1-c1ccccc1.Cl. The maximum atomic E-state index is 12.4. The summed E-state index contributed by atoms with van der Waals surface area (Å²) in [6, 6.07) is 18.5. The van der Waals surface area contributed by atoms with Gasteiger partial charge in [-0.25, -0.2) is 0 Å².